The molecule has 1 fully saturated rings. The predicted molar refractivity (Wildman–Crippen MR) is 119 cm³/mol. The van der Waals surface area contributed by atoms with Gasteiger partial charge in [0.15, 0.2) is 5.96 Å². The first-order valence-corrected chi connectivity index (χ1v) is 10.4. The summed E-state index contributed by atoms with van der Waals surface area (Å²) in [5, 5.41) is 6.67. The summed E-state index contributed by atoms with van der Waals surface area (Å²) in [7, 11) is 1.66. The molecule has 3 rings (SSSR count). The van der Waals surface area contributed by atoms with Crippen molar-refractivity contribution in [1.29, 1.82) is 0 Å². The molecule has 0 spiro atoms. The largest absolute Gasteiger partial charge is 0.497 e. The van der Waals surface area contributed by atoms with Gasteiger partial charge in [0.1, 0.15) is 18.1 Å². The molecule has 2 aromatic carbocycles. The Hall–Kier alpha value is -2.89. The number of para-hydroxylation sites is 1. The maximum atomic E-state index is 5.77. The topological polar surface area (TPSA) is 58.1 Å². The van der Waals surface area contributed by atoms with E-state index in [0.29, 0.717) is 19.1 Å². The fourth-order valence-corrected chi connectivity index (χ4v) is 3.43. The third-order valence-corrected chi connectivity index (χ3v) is 4.98. The van der Waals surface area contributed by atoms with Crippen molar-refractivity contribution in [2.75, 3.05) is 51.3 Å². The maximum Gasteiger partial charge on any atom is 0.191 e. The highest BCUT2D eigenvalue weighted by molar-refractivity contribution is 5.79. The fraction of sp³-hybridized carbons (Fsp3) is 0.435. The zero-order valence-electron chi connectivity index (χ0n) is 17.4. The molecule has 1 atom stereocenters. The van der Waals surface area contributed by atoms with Crippen molar-refractivity contribution in [3.8, 4) is 11.5 Å². The zero-order valence-corrected chi connectivity index (χ0v) is 17.4. The molecule has 0 radical (unpaired) electrons. The van der Waals surface area contributed by atoms with E-state index >= 15 is 0 Å². The second-order valence-electron chi connectivity index (χ2n) is 7.11. The van der Waals surface area contributed by atoms with Gasteiger partial charge in [-0.1, -0.05) is 18.2 Å². The van der Waals surface area contributed by atoms with Gasteiger partial charge in [0.25, 0.3) is 0 Å². The summed E-state index contributed by atoms with van der Waals surface area (Å²) in [6.45, 7) is 7.18. The van der Waals surface area contributed by atoms with Crippen LogP contribution in [0.2, 0.25) is 0 Å². The van der Waals surface area contributed by atoms with Crippen LogP contribution < -0.4 is 25.0 Å². The van der Waals surface area contributed by atoms with Crippen LogP contribution in [0.5, 0.6) is 11.5 Å². The Morgan fingerprint density at radius 3 is 2.55 bits per heavy atom. The molecule has 1 aliphatic rings. The minimum absolute atomic E-state index is 0.571. The summed E-state index contributed by atoms with van der Waals surface area (Å²) in [6.07, 6.45) is 1.18. The fourth-order valence-electron chi connectivity index (χ4n) is 3.43. The van der Waals surface area contributed by atoms with Crippen LogP contribution in [0.25, 0.3) is 0 Å². The van der Waals surface area contributed by atoms with Gasteiger partial charge in [0.2, 0.25) is 0 Å². The quantitative estimate of drug-likeness (QED) is 0.387. The van der Waals surface area contributed by atoms with Gasteiger partial charge in [-0.05, 0) is 55.7 Å². The average Bonchev–Trinajstić information content (AvgIpc) is 3.25. The Morgan fingerprint density at radius 2 is 1.83 bits per heavy atom. The first-order chi connectivity index (χ1) is 14.3. The van der Waals surface area contributed by atoms with Crippen molar-refractivity contribution < 1.29 is 9.47 Å². The van der Waals surface area contributed by atoms with E-state index in [1.807, 2.05) is 24.3 Å². The average molecular weight is 397 g/mol. The highest BCUT2D eigenvalue weighted by Crippen LogP contribution is 2.23. The predicted octanol–water partition coefficient (Wildman–Crippen LogP) is 3.16. The van der Waals surface area contributed by atoms with Gasteiger partial charge in [-0.2, -0.15) is 0 Å². The first-order valence-electron chi connectivity index (χ1n) is 10.4. The van der Waals surface area contributed by atoms with Crippen molar-refractivity contribution in [2.24, 2.45) is 10.9 Å². The normalized spacial score (nSPS) is 16.6. The van der Waals surface area contributed by atoms with Gasteiger partial charge in [-0.25, -0.2) is 0 Å². The highest BCUT2D eigenvalue weighted by atomic mass is 16.5. The van der Waals surface area contributed by atoms with E-state index in [2.05, 4.69) is 52.8 Å². The van der Waals surface area contributed by atoms with Gasteiger partial charge in [-0.15, -0.1) is 0 Å². The van der Waals surface area contributed by atoms with E-state index in [-0.39, 0.29) is 0 Å². The third kappa shape index (κ3) is 6.59. The molecule has 6 nitrogen and oxygen atoms in total. The Labute approximate surface area is 173 Å². The van der Waals surface area contributed by atoms with Crippen LogP contribution in [-0.4, -0.2) is 52.4 Å². The number of nitrogens with zero attached hydrogens (tertiary/aromatic N) is 2. The molecule has 0 saturated carbocycles. The van der Waals surface area contributed by atoms with E-state index in [1.54, 1.807) is 7.11 Å². The number of nitrogens with one attached hydrogen (secondary N) is 2. The Balaban J connectivity index is 1.41. The van der Waals surface area contributed by atoms with Gasteiger partial charge in [-0.3, -0.25) is 4.99 Å². The highest BCUT2D eigenvalue weighted by Gasteiger charge is 2.22. The summed E-state index contributed by atoms with van der Waals surface area (Å²) in [4.78, 5) is 7.23. The van der Waals surface area contributed by atoms with Crippen LogP contribution in [0.1, 0.15) is 13.3 Å². The second-order valence-corrected chi connectivity index (χ2v) is 7.11. The molecular weight excluding hydrogens is 364 g/mol. The summed E-state index contributed by atoms with van der Waals surface area (Å²) < 4.78 is 10.9. The molecule has 0 aliphatic carbocycles. The Bertz CT molecular complexity index is 749. The molecule has 6 heteroatoms. The van der Waals surface area contributed by atoms with Crippen molar-refractivity contribution in [2.45, 2.75) is 13.3 Å². The number of hydrogen-bond donors (Lipinski definition) is 2. The maximum absolute atomic E-state index is 5.77. The second kappa shape index (κ2) is 11.2. The molecule has 1 aliphatic heterocycles. The van der Waals surface area contributed by atoms with Crippen LogP contribution >= 0.6 is 0 Å². The van der Waals surface area contributed by atoms with Crippen LogP contribution in [0.4, 0.5) is 5.69 Å². The monoisotopic (exact) mass is 396 g/mol. The molecule has 0 aromatic heterocycles. The summed E-state index contributed by atoms with van der Waals surface area (Å²) in [5.41, 5.74) is 1.31. The lowest BCUT2D eigenvalue weighted by Gasteiger charge is -2.18. The third-order valence-electron chi connectivity index (χ3n) is 4.98. The van der Waals surface area contributed by atoms with Crippen molar-refractivity contribution in [1.82, 2.24) is 10.6 Å². The molecule has 1 unspecified atom stereocenters. The first kappa shape index (κ1) is 20.8. The van der Waals surface area contributed by atoms with Gasteiger partial charge >= 0.3 is 0 Å². The SMILES string of the molecule is CCNC(=NCC1CCN(c2ccccc2)C1)NCCOc1ccc(OC)cc1. The molecule has 1 heterocycles. The molecule has 2 N–H and O–H groups in total. The van der Waals surface area contributed by atoms with Crippen molar-refractivity contribution >= 4 is 11.6 Å². The molecular formula is C23H32N4O2. The van der Waals surface area contributed by atoms with Gasteiger partial charge in [0.05, 0.1) is 13.7 Å². The van der Waals surface area contributed by atoms with E-state index in [1.165, 1.54) is 12.1 Å². The number of rotatable bonds is 9. The lowest BCUT2D eigenvalue weighted by molar-refractivity contribution is 0.321. The van der Waals surface area contributed by atoms with Gasteiger partial charge < -0.3 is 25.0 Å². The van der Waals surface area contributed by atoms with Crippen LogP contribution in [0, 0.1) is 5.92 Å². The number of guanidine groups is 1. The molecule has 2 aromatic rings. The number of benzene rings is 2. The number of ether oxygens (including phenoxy) is 2. The molecule has 29 heavy (non-hydrogen) atoms. The van der Waals surface area contributed by atoms with Crippen LogP contribution in [0.3, 0.4) is 0 Å². The van der Waals surface area contributed by atoms with E-state index in [9.17, 15) is 0 Å². The standard InChI is InChI=1S/C23H32N4O2/c1-3-24-23(25-14-16-29-22-11-9-21(28-2)10-12-22)26-17-19-13-15-27(18-19)20-7-5-4-6-8-20/h4-12,19H,3,13-18H2,1-2H3,(H2,24,25,26). The lowest BCUT2D eigenvalue weighted by Crippen LogP contribution is -2.39. The van der Waals surface area contributed by atoms with Gasteiger partial charge in [0, 0.05) is 31.9 Å². The molecule has 156 valence electrons. The minimum Gasteiger partial charge on any atom is -0.497 e. The smallest absolute Gasteiger partial charge is 0.191 e. The number of methoxy groups -OCH3 is 1. The number of hydrogen-bond acceptors (Lipinski definition) is 4. The summed E-state index contributed by atoms with van der Waals surface area (Å²) in [5.74, 6) is 3.10. The molecule has 0 bridgehead atoms. The molecule has 0 amide bonds. The van der Waals surface area contributed by atoms with Crippen LogP contribution in [-0.2, 0) is 0 Å². The Morgan fingerprint density at radius 1 is 1.07 bits per heavy atom. The zero-order chi connectivity index (χ0) is 20.3. The Kier molecular flexibility index (Phi) is 8.04. The minimum atomic E-state index is 0.571. The van der Waals surface area contributed by atoms with E-state index in [0.717, 1.165) is 43.6 Å². The van der Waals surface area contributed by atoms with Crippen molar-refractivity contribution in [3.05, 3.63) is 54.6 Å². The summed E-state index contributed by atoms with van der Waals surface area (Å²) >= 11 is 0. The summed E-state index contributed by atoms with van der Waals surface area (Å²) in [6, 6.07) is 18.2. The van der Waals surface area contributed by atoms with E-state index in [4.69, 9.17) is 14.5 Å². The lowest BCUT2D eigenvalue weighted by atomic mass is 10.1. The number of aliphatic imine (C=N–C) groups is 1. The molecule has 1 saturated heterocycles. The van der Waals surface area contributed by atoms with Crippen molar-refractivity contribution in [3.63, 3.8) is 0 Å². The number of anilines is 1. The van der Waals surface area contributed by atoms with Crippen LogP contribution in [0.15, 0.2) is 59.6 Å². The van der Waals surface area contributed by atoms with E-state index < -0.39 is 0 Å².